The molecule has 0 aromatic heterocycles. The van der Waals surface area contributed by atoms with Crippen molar-refractivity contribution in [3.63, 3.8) is 0 Å². The lowest BCUT2D eigenvalue weighted by Gasteiger charge is -2.30. The molecule has 2 heterocycles. The molecule has 0 unspecified atom stereocenters. The fourth-order valence-corrected chi connectivity index (χ4v) is 4.96. The second-order valence-electron chi connectivity index (χ2n) is 8.11. The zero-order valence-electron chi connectivity index (χ0n) is 17.3. The Morgan fingerprint density at radius 2 is 1.86 bits per heavy atom. The number of hydrogen-bond donors (Lipinski definition) is 0. The van der Waals surface area contributed by atoms with E-state index in [-0.39, 0.29) is 11.9 Å². The molecule has 2 aromatic rings. The van der Waals surface area contributed by atoms with Crippen LogP contribution in [0, 0.1) is 11.8 Å². The summed E-state index contributed by atoms with van der Waals surface area (Å²) in [7, 11) is 3.36. The molecule has 0 bridgehead atoms. The third kappa shape index (κ3) is 4.31. The first-order valence-corrected chi connectivity index (χ1v) is 10.4. The van der Waals surface area contributed by atoms with E-state index in [1.807, 2.05) is 18.2 Å². The van der Waals surface area contributed by atoms with Crippen LogP contribution in [0.3, 0.4) is 0 Å². The van der Waals surface area contributed by atoms with Crippen molar-refractivity contribution >= 4 is 5.91 Å². The van der Waals surface area contributed by atoms with Gasteiger partial charge in [-0.05, 0) is 29.2 Å². The van der Waals surface area contributed by atoms with Crippen molar-refractivity contribution in [1.82, 2.24) is 9.80 Å². The van der Waals surface area contributed by atoms with Crippen LogP contribution in [0.4, 0.5) is 0 Å². The van der Waals surface area contributed by atoms with Crippen molar-refractivity contribution in [2.75, 3.05) is 40.5 Å². The highest BCUT2D eigenvalue weighted by Gasteiger charge is 2.48. The maximum Gasteiger partial charge on any atom is 0.225 e. The third-order valence-electron chi connectivity index (χ3n) is 6.26. The van der Waals surface area contributed by atoms with Gasteiger partial charge in [0.15, 0.2) is 0 Å². The number of amides is 1. The minimum atomic E-state index is 0.154. The molecule has 0 radical (unpaired) electrons. The number of ether oxygens (including phenoxy) is 2. The molecule has 4 rings (SSSR count). The van der Waals surface area contributed by atoms with E-state index < -0.39 is 0 Å². The first kappa shape index (κ1) is 19.9. The average Bonchev–Trinajstić information content (AvgIpc) is 3.30. The van der Waals surface area contributed by atoms with Gasteiger partial charge in [-0.1, -0.05) is 42.5 Å². The van der Waals surface area contributed by atoms with Crippen LogP contribution in [0.15, 0.2) is 54.6 Å². The highest BCUT2D eigenvalue weighted by Crippen LogP contribution is 2.45. The second-order valence-corrected chi connectivity index (χ2v) is 8.11. The number of benzene rings is 2. The van der Waals surface area contributed by atoms with Crippen molar-refractivity contribution < 1.29 is 14.3 Å². The van der Waals surface area contributed by atoms with Crippen LogP contribution in [0.1, 0.15) is 23.6 Å². The van der Waals surface area contributed by atoms with Gasteiger partial charge in [0.25, 0.3) is 0 Å². The van der Waals surface area contributed by atoms with Gasteiger partial charge >= 0.3 is 0 Å². The highest BCUT2D eigenvalue weighted by atomic mass is 16.5. The Bertz CT molecular complexity index is 826. The van der Waals surface area contributed by atoms with Gasteiger partial charge in [0, 0.05) is 39.2 Å². The summed E-state index contributed by atoms with van der Waals surface area (Å²) in [4.78, 5) is 17.5. The quantitative estimate of drug-likeness (QED) is 0.722. The normalized spacial score (nSPS) is 23.9. The molecule has 154 valence electrons. The molecule has 0 aliphatic carbocycles. The van der Waals surface area contributed by atoms with Crippen molar-refractivity contribution in [3.05, 3.63) is 65.7 Å². The Morgan fingerprint density at radius 3 is 2.62 bits per heavy atom. The molecule has 2 aromatic carbocycles. The Labute approximate surface area is 173 Å². The van der Waals surface area contributed by atoms with Crippen LogP contribution >= 0.6 is 0 Å². The number of nitrogens with zero attached hydrogens (tertiary/aromatic N) is 2. The number of rotatable bonds is 7. The molecule has 2 aliphatic heterocycles. The summed E-state index contributed by atoms with van der Waals surface area (Å²) in [6.45, 7) is 4.27. The van der Waals surface area contributed by atoms with Gasteiger partial charge in [0.2, 0.25) is 5.91 Å². The highest BCUT2D eigenvalue weighted by molar-refractivity contribution is 5.77. The van der Waals surface area contributed by atoms with E-state index >= 15 is 0 Å². The van der Waals surface area contributed by atoms with E-state index in [4.69, 9.17) is 9.47 Å². The van der Waals surface area contributed by atoms with Crippen molar-refractivity contribution in [2.24, 2.45) is 11.8 Å². The van der Waals surface area contributed by atoms with Gasteiger partial charge in [-0.25, -0.2) is 0 Å². The molecule has 2 fully saturated rings. The van der Waals surface area contributed by atoms with Crippen LogP contribution < -0.4 is 4.74 Å². The number of likely N-dealkylation sites (tertiary alicyclic amines) is 2. The average molecular weight is 395 g/mol. The molecule has 29 heavy (non-hydrogen) atoms. The van der Waals surface area contributed by atoms with Crippen molar-refractivity contribution in [2.45, 2.75) is 19.0 Å². The van der Waals surface area contributed by atoms with Crippen molar-refractivity contribution in [3.8, 4) is 5.75 Å². The molecule has 2 saturated heterocycles. The van der Waals surface area contributed by atoms with Gasteiger partial charge in [-0.15, -0.1) is 0 Å². The first-order valence-electron chi connectivity index (χ1n) is 10.4. The number of hydrogen-bond acceptors (Lipinski definition) is 4. The summed E-state index contributed by atoms with van der Waals surface area (Å²) in [5, 5.41) is 0. The minimum absolute atomic E-state index is 0.154. The maximum atomic E-state index is 12.9. The summed E-state index contributed by atoms with van der Waals surface area (Å²) in [5.74, 6) is 2.08. The SMILES string of the molecule is COCCC(=O)N1C[C@@H]2CN(Cc3cccc(OC)c3)C[C@@H]2[C@H]1c1ccccc1. The van der Waals surface area contributed by atoms with Crippen LogP contribution in [0.2, 0.25) is 0 Å². The van der Waals surface area contributed by atoms with E-state index in [0.29, 0.717) is 24.9 Å². The summed E-state index contributed by atoms with van der Waals surface area (Å²) >= 11 is 0. The van der Waals surface area contributed by atoms with E-state index in [1.54, 1.807) is 14.2 Å². The van der Waals surface area contributed by atoms with Gasteiger partial charge in [0.05, 0.1) is 26.2 Å². The van der Waals surface area contributed by atoms with Gasteiger partial charge < -0.3 is 14.4 Å². The molecule has 0 N–H and O–H groups in total. The Hall–Kier alpha value is -2.37. The Morgan fingerprint density at radius 1 is 1.03 bits per heavy atom. The fourth-order valence-electron chi connectivity index (χ4n) is 4.96. The summed E-state index contributed by atoms with van der Waals surface area (Å²) in [6, 6.07) is 19.0. The Kier molecular flexibility index (Phi) is 6.16. The number of carbonyl (C=O) groups is 1. The molecule has 0 spiro atoms. The zero-order valence-corrected chi connectivity index (χ0v) is 17.3. The zero-order chi connectivity index (χ0) is 20.2. The summed E-state index contributed by atoms with van der Waals surface area (Å²) in [6.07, 6.45) is 0.451. The van der Waals surface area contributed by atoms with E-state index in [1.165, 1.54) is 11.1 Å². The Balaban J connectivity index is 1.50. The molecular formula is C24H30N2O3. The lowest BCUT2D eigenvalue weighted by atomic mass is 9.89. The molecule has 1 amide bonds. The first-order chi connectivity index (χ1) is 14.2. The predicted octanol–water partition coefficient (Wildman–Crippen LogP) is 3.36. The summed E-state index contributed by atoms with van der Waals surface area (Å²) < 4.78 is 10.5. The topological polar surface area (TPSA) is 42.0 Å². The van der Waals surface area contributed by atoms with E-state index in [2.05, 4.69) is 46.2 Å². The van der Waals surface area contributed by atoms with E-state index in [0.717, 1.165) is 31.9 Å². The predicted molar refractivity (Wildman–Crippen MR) is 113 cm³/mol. The van der Waals surface area contributed by atoms with E-state index in [9.17, 15) is 4.79 Å². The van der Waals surface area contributed by atoms with Gasteiger partial charge in [-0.2, -0.15) is 0 Å². The molecule has 0 saturated carbocycles. The standard InChI is InChI=1S/C24H30N2O3/c1-28-12-11-23(27)26-16-20-15-25(14-18-7-6-10-21(13-18)29-2)17-22(20)24(26)19-8-4-3-5-9-19/h3-10,13,20,22,24H,11-12,14-17H2,1-2H3/t20-,22-,24+/m0/s1. The fraction of sp³-hybridized carbons (Fsp3) is 0.458. The summed E-state index contributed by atoms with van der Waals surface area (Å²) in [5.41, 5.74) is 2.52. The largest absolute Gasteiger partial charge is 0.497 e. The lowest BCUT2D eigenvalue weighted by molar-refractivity contribution is -0.133. The van der Waals surface area contributed by atoms with Crippen molar-refractivity contribution in [1.29, 1.82) is 0 Å². The molecule has 3 atom stereocenters. The van der Waals surface area contributed by atoms with Crippen LogP contribution in [0.5, 0.6) is 5.75 Å². The third-order valence-corrected chi connectivity index (χ3v) is 6.26. The minimum Gasteiger partial charge on any atom is -0.497 e. The van der Waals surface area contributed by atoms with Crippen LogP contribution in [-0.2, 0) is 16.1 Å². The lowest BCUT2D eigenvalue weighted by Crippen LogP contribution is -2.36. The molecule has 2 aliphatic rings. The van der Waals surface area contributed by atoms with Gasteiger partial charge in [-0.3, -0.25) is 9.69 Å². The van der Waals surface area contributed by atoms with Crippen LogP contribution in [0.25, 0.3) is 0 Å². The smallest absolute Gasteiger partial charge is 0.225 e. The molecule has 5 nitrogen and oxygen atoms in total. The molecule has 5 heteroatoms. The number of carbonyl (C=O) groups excluding carboxylic acids is 1. The number of methoxy groups -OCH3 is 2. The molecular weight excluding hydrogens is 364 g/mol. The second kappa shape index (κ2) is 8.97. The van der Waals surface area contributed by atoms with Gasteiger partial charge in [0.1, 0.15) is 5.75 Å². The monoisotopic (exact) mass is 394 g/mol. The van der Waals surface area contributed by atoms with Crippen LogP contribution in [-0.4, -0.2) is 56.2 Å². The maximum absolute atomic E-state index is 12.9. The number of fused-ring (bicyclic) bond motifs is 1.